The van der Waals surface area contributed by atoms with E-state index in [4.69, 9.17) is 5.73 Å². The highest BCUT2D eigenvalue weighted by molar-refractivity contribution is 6.07. The maximum Gasteiger partial charge on any atom is 0.261 e. The van der Waals surface area contributed by atoms with Crippen LogP contribution in [0.25, 0.3) is 0 Å². The van der Waals surface area contributed by atoms with Crippen LogP contribution in [0.2, 0.25) is 0 Å². The van der Waals surface area contributed by atoms with Gasteiger partial charge in [0.2, 0.25) is 0 Å². The molecule has 0 saturated heterocycles. The number of aromatic nitrogens is 2. The Labute approximate surface area is 105 Å². The van der Waals surface area contributed by atoms with Crippen molar-refractivity contribution in [2.75, 3.05) is 17.2 Å². The molecule has 0 fully saturated rings. The summed E-state index contributed by atoms with van der Waals surface area (Å²) in [6.45, 7) is 2.54. The highest BCUT2D eigenvalue weighted by Gasteiger charge is 2.27. The van der Waals surface area contributed by atoms with Crippen molar-refractivity contribution in [3.05, 3.63) is 41.2 Å². The summed E-state index contributed by atoms with van der Waals surface area (Å²) in [5.41, 5.74) is 9.99. The monoisotopic (exact) mass is 242 g/mol. The number of benzene rings is 1. The Morgan fingerprint density at radius 2 is 2.33 bits per heavy atom. The number of carbonyl (C=O) groups is 1. The number of nitrogen functional groups attached to an aromatic ring is 1. The zero-order valence-corrected chi connectivity index (χ0v) is 10.1. The zero-order valence-electron chi connectivity index (χ0n) is 10.1. The third-order valence-corrected chi connectivity index (χ3v) is 3.30. The van der Waals surface area contributed by atoms with Crippen LogP contribution in [0.4, 0.5) is 11.4 Å². The van der Waals surface area contributed by atoms with Crippen LogP contribution in [0, 0.1) is 6.92 Å². The van der Waals surface area contributed by atoms with E-state index in [1.807, 2.05) is 25.1 Å². The Bertz CT molecular complexity index is 617. The first-order valence-electron chi connectivity index (χ1n) is 5.87. The second-order valence-electron chi connectivity index (χ2n) is 4.50. The van der Waals surface area contributed by atoms with E-state index < -0.39 is 0 Å². The molecule has 0 radical (unpaired) electrons. The van der Waals surface area contributed by atoms with Crippen LogP contribution < -0.4 is 10.6 Å². The Hall–Kier alpha value is -2.30. The van der Waals surface area contributed by atoms with E-state index in [1.165, 1.54) is 0 Å². The van der Waals surface area contributed by atoms with E-state index in [2.05, 4.69) is 10.2 Å². The molecule has 0 spiro atoms. The summed E-state index contributed by atoms with van der Waals surface area (Å²) < 4.78 is 0. The number of nitrogens with one attached hydrogen (secondary N) is 1. The van der Waals surface area contributed by atoms with Crippen LogP contribution in [0.15, 0.2) is 24.4 Å². The fourth-order valence-corrected chi connectivity index (χ4v) is 2.34. The number of fused-ring (bicyclic) bond motifs is 1. The van der Waals surface area contributed by atoms with Gasteiger partial charge in [-0.25, -0.2) is 0 Å². The lowest BCUT2D eigenvalue weighted by Crippen LogP contribution is -2.29. The molecule has 3 rings (SSSR count). The van der Waals surface area contributed by atoms with Crippen LogP contribution in [0.5, 0.6) is 0 Å². The molecule has 0 aliphatic carbocycles. The van der Waals surface area contributed by atoms with E-state index in [1.54, 1.807) is 11.1 Å². The molecule has 0 saturated carbocycles. The van der Waals surface area contributed by atoms with Gasteiger partial charge in [0.15, 0.2) is 0 Å². The van der Waals surface area contributed by atoms with Crippen molar-refractivity contribution < 1.29 is 4.79 Å². The van der Waals surface area contributed by atoms with Crippen molar-refractivity contribution in [3.63, 3.8) is 0 Å². The minimum atomic E-state index is -0.00947. The first-order chi connectivity index (χ1) is 8.66. The SMILES string of the molecule is Cc1[nH]ncc1C(=O)N1CCc2cc(N)ccc21. The van der Waals surface area contributed by atoms with Gasteiger partial charge >= 0.3 is 0 Å². The number of nitrogens with two attached hydrogens (primary N) is 1. The van der Waals surface area contributed by atoms with Crippen LogP contribution >= 0.6 is 0 Å². The Morgan fingerprint density at radius 3 is 3.06 bits per heavy atom. The highest BCUT2D eigenvalue weighted by atomic mass is 16.2. The lowest BCUT2D eigenvalue weighted by Gasteiger charge is -2.16. The molecule has 1 amide bonds. The van der Waals surface area contributed by atoms with E-state index in [0.717, 1.165) is 29.1 Å². The standard InChI is InChI=1S/C13H14N4O/c1-8-11(7-15-16-8)13(18)17-5-4-9-6-10(14)2-3-12(9)17/h2-3,6-7H,4-5,14H2,1H3,(H,15,16). The third-order valence-electron chi connectivity index (χ3n) is 3.30. The largest absolute Gasteiger partial charge is 0.399 e. The normalized spacial score (nSPS) is 13.7. The summed E-state index contributed by atoms with van der Waals surface area (Å²) in [5, 5.41) is 6.68. The average molecular weight is 242 g/mol. The van der Waals surface area contributed by atoms with E-state index in [9.17, 15) is 4.79 Å². The molecule has 1 aromatic carbocycles. The van der Waals surface area contributed by atoms with Crippen molar-refractivity contribution in [2.45, 2.75) is 13.3 Å². The van der Waals surface area contributed by atoms with Gasteiger partial charge in [0, 0.05) is 23.6 Å². The molecule has 92 valence electrons. The quantitative estimate of drug-likeness (QED) is 0.744. The number of carbonyl (C=O) groups excluding carboxylic acids is 1. The molecular formula is C13H14N4O. The fraction of sp³-hybridized carbons (Fsp3) is 0.231. The number of hydrogen-bond donors (Lipinski definition) is 2. The lowest BCUT2D eigenvalue weighted by atomic mass is 10.1. The molecule has 5 heteroatoms. The van der Waals surface area contributed by atoms with Gasteiger partial charge in [-0.3, -0.25) is 9.89 Å². The Kier molecular flexibility index (Phi) is 2.33. The van der Waals surface area contributed by atoms with Crippen molar-refractivity contribution in [1.29, 1.82) is 0 Å². The van der Waals surface area contributed by atoms with Crippen molar-refractivity contribution >= 4 is 17.3 Å². The topological polar surface area (TPSA) is 75.0 Å². The molecule has 5 nitrogen and oxygen atoms in total. The molecule has 3 N–H and O–H groups in total. The van der Waals surface area contributed by atoms with Gasteiger partial charge in [-0.1, -0.05) is 0 Å². The summed E-state index contributed by atoms with van der Waals surface area (Å²) in [6.07, 6.45) is 2.43. The highest BCUT2D eigenvalue weighted by Crippen LogP contribution is 2.30. The first-order valence-corrected chi connectivity index (χ1v) is 5.87. The second kappa shape index (κ2) is 3.87. The lowest BCUT2D eigenvalue weighted by molar-refractivity contribution is 0.0989. The smallest absolute Gasteiger partial charge is 0.261 e. The summed E-state index contributed by atoms with van der Waals surface area (Å²) in [4.78, 5) is 14.2. The predicted molar refractivity (Wildman–Crippen MR) is 69.6 cm³/mol. The van der Waals surface area contributed by atoms with Crippen LogP contribution in [0.1, 0.15) is 21.6 Å². The van der Waals surface area contributed by atoms with Crippen LogP contribution in [-0.2, 0) is 6.42 Å². The molecule has 1 aliphatic heterocycles. The van der Waals surface area contributed by atoms with Gasteiger partial charge in [0.25, 0.3) is 5.91 Å². The zero-order chi connectivity index (χ0) is 12.7. The van der Waals surface area contributed by atoms with Gasteiger partial charge < -0.3 is 10.6 Å². The Morgan fingerprint density at radius 1 is 1.50 bits per heavy atom. The summed E-state index contributed by atoms with van der Waals surface area (Å²) in [7, 11) is 0. The number of nitrogens with zero attached hydrogens (tertiary/aromatic N) is 2. The maximum absolute atomic E-state index is 12.4. The molecule has 2 heterocycles. The van der Waals surface area contributed by atoms with E-state index in [0.29, 0.717) is 12.1 Å². The molecule has 2 aromatic rings. The predicted octanol–water partition coefficient (Wildman–Crippen LogP) is 1.50. The number of aryl methyl sites for hydroxylation is 1. The molecule has 0 atom stereocenters. The maximum atomic E-state index is 12.4. The molecule has 0 unspecified atom stereocenters. The van der Waals surface area contributed by atoms with Gasteiger partial charge in [0.1, 0.15) is 0 Å². The van der Waals surface area contributed by atoms with Gasteiger partial charge in [0.05, 0.1) is 11.8 Å². The molecular weight excluding hydrogens is 228 g/mol. The van der Waals surface area contributed by atoms with Gasteiger partial charge in [-0.05, 0) is 37.1 Å². The molecule has 1 aliphatic rings. The van der Waals surface area contributed by atoms with Crippen molar-refractivity contribution in [2.24, 2.45) is 0 Å². The summed E-state index contributed by atoms with van der Waals surface area (Å²) >= 11 is 0. The van der Waals surface area contributed by atoms with Gasteiger partial charge in [-0.2, -0.15) is 5.10 Å². The first kappa shape index (κ1) is 10.8. The van der Waals surface area contributed by atoms with Crippen LogP contribution in [-0.4, -0.2) is 22.6 Å². The fourth-order valence-electron chi connectivity index (χ4n) is 2.34. The second-order valence-corrected chi connectivity index (χ2v) is 4.50. The molecule has 0 bridgehead atoms. The van der Waals surface area contributed by atoms with Gasteiger partial charge in [-0.15, -0.1) is 0 Å². The van der Waals surface area contributed by atoms with Crippen molar-refractivity contribution in [3.8, 4) is 0 Å². The molecule has 1 aromatic heterocycles. The summed E-state index contributed by atoms with van der Waals surface area (Å²) in [5.74, 6) is -0.00947. The number of rotatable bonds is 1. The minimum absolute atomic E-state index is 0.00947. The molecule has 18 heavy (non-hydrogen) atoms. The number of hydrogen-bond acceptors (Lipinski definition) is 3. The number of anilines is 2. The van der Waals surface area contributed by atoms with Crippen molar-refractivity contribution in [1.82, 2.24) is 10.2 Å². The number of aromatic amines is 1. The number of amides is 1. The van der Waals surface area contributed by atoms with E-state index >= 15 is 0 Å². The Balaban J connectivity index is 1.98. The minimum Gasteiger partial charge on any atom is -0.399 e. The van der Waals surface area contributed by atoms with E-state index in [-0.39, 0.29) is 5.91 Å². The third kappa shape index (κ3) is 1.55. The summed E-state index contributed by atoms with van der Waals surface area (Å²) in [6, 6.07) is 5.67. The average Bonchev–Trinajstić information content (AvgIpc) is 2.94. The number of H-pyrrole nitrogens is 1. The van der Waals surface area contributed by atoms with Crippen LogP contribution in [0.3, 0.4) is 0 Å².